The highest BCUT2D eigenvalue weighted by molar-refractivity contribution is 5.76. The lowest BCUT2D eigenvalue weighted by molar-refractivity contribution is -0.143. The second-order valence-corrected chi connectivity index (χ2v) is 19.2. The van der Waals surface area contributed by atoms with Crippen LogP contribution in [0.5, 0.6) is 0 Å². The summed E-state index contributed by atoms with van der Waals surface area (Å²) in [5.74, 6) is 1.61. The molecule has 0 aromatic carbocycles. The smallest absolute Gasteiger partial charge is 0.306 e. The van der Waals surface area contributed by atoms with Crippen LogP contribution in [0.4, 0.5) is 0 Å². The van der Waals surface area contributed by atoms with Crippen LogP contribution in [0.15, 0.2) is 24.3 Å². The fourth-order valence-corrected chi connectivity index (χ4v) is 8.61. The molecule has 0 fully saturated rings. The summed E-state index contributed by atoms with van der Waals surface area (Å²) in [5.41, 5.74) is 0. The summed E-state index contributed by atoms with van der Waals surface area (Å²) in [5, 5.41) is 0. The minimum absolute atomic E-state index is 0.0900. The number of carbonyl (C=O) groups excluding carboxylic acids is 3. The van der Waals surface area contributed by atoms with Crippen molar-refractivity contribution in [1.82, 2.24) is 9.80 Å². The SMILES string of the molecule is CCCCCCC(CC=CCOC(=O)CCCCCCCN(CCCCCCCC(=O)OCC=CCC(CCCCCC)CCCCCC)C(=O)CCCN(C)C)CCCCCC. The Hall–Kier alpha value is -2.15. The maximum atomic E-state index is 13.2. The van der Waals surface area contributed by atoms with Crippen molar-refractivity contribution in [3.63, 3.8) is 0 Å². The molecule has 0 saturated heterocycles. The number of nitrogens with zero attached hydrogens (tertiary/aromatic N) is 2. The monoisotopic (exact) mass is 887 g/mol. The van der Waals surface area contributed by atoms with Gasteiger partial charge in [0.25, 0.3) is 0 Å². The minimum atomic E-state index is -0.0900. The average molecular weight is 887 g/mol. The van der Waals surface area contributed by atoms with Gasteiger partial charge in [-0.05, 0) is 77.4 Å². The topological polar surface area (TPSA) is 76.1 Å². The zero-order chi connectivity index (χ0) is 46.3. The molecule has 63 heavy (non-hydrogen) atoms. The number of unbranched alkanes of at least 4 members (excludes halogenated alkanes) is 20. The van der Waals surface area contributed by atoms with Gasteiger partial charge in [-0.1, -0.05) is 219 Å². The Morgan fingerprint density at radius 1 is 0.397 bits per heavy atom. The summed E-state index contributed by atoms with van der Waals surface area (Å²) in [7, 11) is 4.11. The van der Waals surface area contributed by atoms with Gasteiger partial charge in [0.1, 0.15) is 13.2 Å². The number of hydrogen-bond acceptors (Lipinski definition) is 6. The molecule has 0 aliphatic rings. The van der Waals surface area contributed by atoms with E-state index in [4.69, 9.17) is 9.47 Å². The first kappa shape index (κ1) is 60.9. The second-order valence-electron chi connectivity index (χ2n) is 19.2. The normalized spacial score (nSPS) is 11.9. The van der Waals surface area contributed by atoms with Crippen LogP contribution in [0, 0.1) is 11.8 Å². The highest BCUT2D eigenvalue weighted by Gasteiger charge is 2.14. The van der Waals surface area contributed by atoms with E-state index < -0.39 is 0 Å². The minimum Gasteiger partial charge on any atom is -0.461 e. The summed E-state index contributed by atoms with van der Waals surface area (Å²) < 4.78 is 11.0. The van der Waals surface area contributed by atoms with Gasteiger partial charge >= 0.3 is 11.9 Å². The van der Waals surface area contributed by atoms with Gasteiger partial charge in [-0.15, -0.1) is 0 Å². The van der Waals surface area contributed by atoms with E-state index in [0.29, 0.717) is 32.5 Å². The number of allylic oxidation sites excluding steroid dienone is 2. The number of amides is 1. The summed E-state index contributed by atoms with van der Waals surface area (Å²) in [4.78, 5) is 42.1. The Bertz CT molecular complexity index is 980. The maximum absolute atomic E-state index is 13.2. The zero-order valence-electron chi connectivity index (χ0n) is 42.9. The third-order valence-electron chi connectivity index (χ3n) is 12.8. The third-order valence-corrected chi connectivity index (χ3v) is 12.8. The van der Waals surface area contributed by atoms with Gasteiger partial charge in [-0.25, -0.2) is 0 Å². The fraction of sp³-hybridized carbons (Fsp3) is 0.875. The number of hydrogen-bond donors (Lipinski definition) is 0. The van der Waals surface area contributed by atoms with Gasteiger partial charge in [0.2, 0.25) is 5.91 Å². The fourth-order valence-electron chi connectivity index (χ4n) is 8.61. The van der Waals surface area contributed by atoms with Crippen molar-refractivity contribution in [3.05, 3.63) is 24.3 Å². The molecule has 0 heterocycles. The molecule has 0 unspecified atom stereocenters. The van der Waals surface area contributed by atoms with Crippen LogP contribution in [0.3, 0.4) is 0 Å². The zero-order valence-corrected chi connectivity index (χ0v) is 42.9. The number of ether oxygens (including phenoxy) is 2. The lowest BCUT2D eigenvalue weighted by Gasteiger charge is -2.23. The van der Waals surface area contributed by atoms with Crippen LogP contribution in [0.1, 0.15) is 259 Å². The summed E-state index contributed by atoms with van der Waals surface area (Å²) in [6.45, 7) is 12.4. The highest BCUT2D eigenvalue weighted by Crippen LogP contribution is 2.23. The highest BCUT2D eigenvalue weighted by atomic mass is 16.5. The van der Waals surface area contributed by atoms with Crippen LogP contribution >= 0.6 is 0 Å². The molecule has 370 valence electrons. The molecular weight excluding hydrogens is 781 g/mol. The van der Waals surface area contributed by atoms with E-state index in [0.717, 1.165) is 115 Å². The standard InChI is InChI=1S/C56H106N2O5/c1-7-11-15-25-38-52(39-26-16-12-8-2)42-31-35-50-62-55(60)45-29-21-19-23-33-48-58(54(59)44-37-47-57(5)6)49-34-24-20-22-30-46-56(61)63-51-36-32-43-53(40-27-17-13-9-3)41-28-18-14-10-4/h31-32,35-36,52-53H,7-30,33-34,37-51H2,1-6H3. The lowest BCUT2D eigenvalue weighted by Crippen LogP contribution is -2.33. The predicted octanol–water partition coefficient (Wildman–Crippen LogP) is 15.9. The van der Waals surface area contributed by atoms with Gasteiger partial charge in [-0.2, -0.15) is 0 Å². The molecule has 0 aromatic heterocycles. The van der Waals surface area contributed by atoms with E-state index in [1.54, 1.807) is 0 Å². The Balaban J connectivity index is 4.35. The van der Waals surface area contributed by atoms with Crippen LogP contribution in [0.25, 0.3) is 0 Å². The van der Waals surface area contributed by atoms with E-state index in [-0.39, 0.29) is 17.8 Å². The molecule has 0 radical (unpaired) electrons. The Labute approximate surface area is 392 Å². The largest absolute Gasteiger partial charge is 0.461 e. The van der Waals surface area contributed by atoms with Gasteiger partial charge in [-0.3, -0.25) is 14.4 Å². The van der Waals surface area contributed by atoms with Gasteiger partial charge in [0.15, 0.2) is 0 Å². The van der Waals surface area contributed by atoms with Crippen molar-refractivity contribution in [2.45, 2.75) is 259 Å². The number of esters is 2. The first-order valence-electron chi connectivity index (χ1n) is 27.3. The number of carbonyl (C=O) groups is 3. The van der Waals surface area contributed by atoms with Crippen LogP contribution in [0.2, 0.25) is 0 Å². The first-order valence-corrected chi connectivity index (χ1v) is 27.3. The third kappa shape index (κ3) is 43.5. The number of rotatable bonds is 48. The second kappa shape index (κ2) is 47.8. The van der Waals surface area contributed by atoms with Gasteiger partial charge in [0, 0.05) is 32.4 Å². The van der Waals surface area contributed by atoms with E-state index in [9.17, 15) is 14.4 Å². The Kier molecular flexibility index (Phi) is 46.2. The summed E-state index contributed by atoms with van der Waals surface area (Å²) in [6.07, 6.45) is 49.8. The van der Waals surface area contributed by atoms with Crippen molar-refractivity contribution in [1.29, 1.82) is 0 Å². The Morgan fingerprint density at radius 3 is 1.11 bits per heavy atom. The molecule has 7 nitrogen and oxygen atoms in total. The molecule has 0 spiro atoms. The van der Waals surface area contributed by atoms with Crippen molar-refractivity contribution < 1.29 is 23.9 Å². The van der Waals surface area contributed by atoms with E-state index in [1.165, 1.54) is 128 Å². The summed E-state index contributed by atoms with van der Waals surface area (Å²) >= 11 is 0. The van der Waals surface area contributed by atoms with Gasteiger partial charge in [0.05, 0.1) is 0 Å². The maximum Gasteiger partial charge on any atom is 0.306 e. The molecule has 1 amide bonds. The quantitative estimate of drug-likeness (QED) is 0.0344. The average Bonchev–Trinajstić information content (AvgIpc) is 3.26. The van der Waals surface area contributed by atoms with Crippen molar-refractivity contribution in [3.8, 4) is 0 Å². The van der Waals surface area contributed by atoms with Crippen molar-refractivity contribution in [2.75, 3.05) is 46.9 Å². The van der Waals surface area contributed by atoms with Gasteiger partial charge < -0.3 is 19.3 Å². The van der Waals surface area contributed by atoms with Crippen LogP contribution in [-0.4, -0.2) is 74.6 Å². The molecule has 7 heteroatoms. The molecule has 0 bridgehead atoms. The molecule has 0 aliphatic heterocycles. The van der Waals surface area contributed by atoms with E-state index >= 15 is 0 Å². The summed E-state index contributed by atoms with van der Waals surface area (Å²) in [6, 6.07) is 0. The van der Waals surface area contributed by atoms with Crippen molar-refractivity contribution in [2.24, 2.45) is 11.8 Å². The lowest BCUT2D eigenvalue weighted by atomic mass is 9.91. The first-order chi connectivity index (χ1) is 30.8. The molecule has 0 atom stereocenters. The van der Waals surface area contributed by atoms with Crippen molar-refractivity contribution >= 4 is 17.8 Å². The molecule has 0 aliphatic carbocycles. The Morgan fingerprint density at radius 2 is 0.746 bits per heavy atom. The molecule has 0 N–H and O–H groups in total. The van der Waals surface area contributed by atoms with E-state index in [1.807, 2.05) is 0 Å². The predicted molar refractivity (Wildman–Crippen MR) is 271 cm³/mol. The van der Waals surface area contributed by atoms with Crippen LogP contribution in [-0.2, 0) is 23.9 Å². The molecule has 0 saturated carbocycles. The van der Waals surface area contributed by atoms with E-state index in [2.05, 4.69) is 75.9 Å². The molecule has 0 rings (SSSR count). The molecular formula is C56H106N2O5. The van der Waals surface area contributed by atoms with Crippen LogP contribution < -0.4 is 0 Å². The molecule has 0 aromatic rings.